The number of halogens is 2. The van der Waals surface area contributed by atoms with Crippen LogP contribution in [0.3, 0.4) is 0 Å². The van der Waals surface area contributed by atoms with E-state index in [0.717, 1.165) is 6.42 Å². The molecule has 2 rings (SSSR count). The molecule has 0 spiro atoms. The first kappa shape index (κ1) is 23.2. The van der Waals surface area contributed by atoms with Crippen LogP contribution in [0, 0.1) is 0 Å². The number of hydrogen-bond donors (Lipinski definition) is 0. The van der Waals surface area contributed by atoms with E-state index >= 15 is 0 Å². The second-order valence-electron chi connectivity index (χ2n) is 3.61. The van der Waals surface area contributed by atoms with E-state index in [-0.39, 0.29) is 24.8 Å². The Bertz CT molecular complexity index is 315. The van der Waals surface area contributed by atoms with Gasteiger partial charge in [0, 0.05) is 0 Å². The van der Waals surface area contributed by atoms with E-state index in [1.54, 1.807) is 24.2 Å². The Kier molecular flexibility index (Phi) is 21.9. The summed E-state index contributed by atoms with van der Waals surface area (Å²) in [5.41, 5.74) is 1.43. The van der Waals surface area contributed by atoms with Crippen molar-refractivity contribution in [2.75, 3.05) is 0 Å². The van der Waals surface area contributed by atoms with E-state index in [2.05, 4.69) is 45.0 Å². The molecular formula is C15H20Cl2Zr-2. The van der Waals surface area contributed by atoms with Gasteiger partial charge in [-0.3, -0.25) is 0 Å². The minimum Gasteiger partial charge on any atom is -1.00 e. The van der Waals surface area contributed by atoms with Crippen LogP contribution >= 0.6 is 0 Å². The van der Waals surface area contributed by atoms with Crippen molar-refractivity contribution in [2.24, 2.45) is 0 Å². The van der Waals surface area contributed by atoms with E-state index in [1.807, 2.05) is 30.3 Å². The van der Waals surface area contributed by atoms with Gasteiger partial charge in [-0.1, -0.05) is 13.3 Å². The Morgan fingerprint density at radius 1 is 1.06 bits per heavy atom. The molecule has 0 fully saturated rings. The monoisotopic (exact) mass is 360 g/mol. The van der Waals surface area contributed by atoms with Gasteiger partial charge < -0.3 is 24.8 Å². The molecule has 2 aromatic rings. The SMILES string of the molecule is CCc1ccc[cH-]1.C[C](C)=[Zr+2].[Cl-].[Cl-].c1cc[cH-]c1. The molecule has 0 heterocycles. The minimum atomic E-state index is 0. The Morgan fingerprint density at radius 3 is 1.72 bits per heavy atom. The molecule has 0 unspecified atom stereocenters. The number of rotatable bonds is 1. The average Bonchev–Trinajstić information content (AvgIpc) is 2.94. The molecule has 0 saturated carbocycles. The minimum absolute atomic E-state index is 0. The zero-order chi connectivity index (χ0) is 12.2. The molecule has 100 valence electrons. The average molecular weight is 362 g/mol. The summed E-state index contributed by atoms with van der Waals surface area (Å²) in [6, 6.07) is 18.4. The summed E-state index contributed by atoms with van der Waals surface area (Å²) >= 11 is 1.55. The van der Waals surface area contributed by atoms with Gasteiger partial charge in [-0.25, -0.2) is 24.3 Å². The Balaban J connectivity index is -0.000000185. The maximum atomic E-state index is 2.16. The van der Waals surface area contributed by atoms with Crippen molar-refractivity contribution >= 4 is 3.21 Å². The second-order valence-corrected chi connectivity index (χ2v) is 6.07. The summed E-state index contributed by atoms with van der Waals surface area (Å²) in [6.45, 7) is 6.41. The smallest absolute Gasteiger partial charge is 0.172 e. The molecule has 0 saturated heterocycles. The molecule has 0 N–H and O–H groups in total. The van der Waals surface area contributed by atoms with E-state index in [1.165, 1.54) is 8.77 Å². The zero-order valence-electron chi connectivity index (χ0n) is 11.2. The quantitative estimate of drug-likeness (QED) is 0.522. The van der Waals surface area contributed by atoms with Crippen LogP contribution in [0.2, 0.25) is 0 Å². The molecule has 0 aliphatic carbocycles. The van der Waals surface area contributed by atoms with E-state index in [4.69, 9.17) is 0 Å². The van der Waals surface area contributed by atoms with Crippen molar-refractivity contribution in [3.63, 3.8) is 0 Å². The fourth-order valence-electron chi connectivity index (χ4n) is 0.970. The first-order chi connectivity index (χ1) is 7.66. The Morgan fingerprint density at radius 2 is 1.56 bits per heavy atom. The van der Waals surface area contributed by atoms with Crippen molar-refractivity contribution in [2.45, 2.75) is 27.2 Å². The number of aryl methyl sites for hydroxylation is 1. The van der Waals surface area contributed by atoms with Gasteiger partial charge in [-0.2, -0.15) is 35.9 Å². The van der Waals surface area contributed by atoms with Gasteiger partial charge in [0.25, 0.3) is 0 Å². The summed E-state index contributed by atoms with van der Waals surface area (Å²) in [5, 5.41) is 0. The van der Waals surface area contributed by atoms with Crippen LogP contribution in [0.1, 0.15) is 26.3 Å². The van der Waals surface area contributed by atoms with Gasteiger partial charge in [0.1, 0.15) is 0 Å². The van der Waals surface area contributed by atoms with Crippen molar-refractivity contribution < 1.29 is 49.0 Å². The van der Waals surface area contributed by atoms with Gasteiger partial charge in [0.15, 0.2) is 0 Å². The standard InChI is InChI=1S/C7H9.C5H5.C3H6.2ClH.Zr/c1-2-7-5-3-4-6-7;1-2-4-5-3-1;1-3-2;;;/h3-6H,2H2,1H3;1-5H;1-2H3;2*1H;/q2*-1;;;;+2/p-2. The normalized spacial score (nSPS) is 7.39. The van der Waals surface area contributed by atoms with Crippen LogP contribution in [0.4, 0.5) is 0 Å². The molecule has 0 amide bonds. The van der Waals surface area contributed by atoms with Crippen molar-refractivity contribution in [1.82, 2.24) is 0 Å². The molecule has 0 aromatic heterocycles. The molecule has 0 radical (unpaired) electrons. The molecule has 0 nitrogen and oxygen atoms in total. The summed E-state index contributed by atoms with van der Waals surface area (Å²) in [6.07, 6.45) is 1.16. The topological polar surface area (TPSA) is 0 Å². The van der Waals surface area contributed by atoms with Crippen LogP contribution in [0.15, 0.2) is 54.6 Å². The zero-order valence-corrected chi connectivity index (χ0v) is 15.1. The van der Waals surface area contributed by atoms with E-state index < -0.39 is 0 Å². The first-order valence-electron chi connectivity index (χ1n) is 5.55. The third-order valence-electron chi connectivity index (χ3n) is 1.70. The van der Waals surface area contributed by atoms with Crippen LogP contribution in [-0.2, 0) is 30.7 Å². The molecule has 0 bridgehead atoms. The summed E-state index contributed by atoms with van der Waals surface area (Å²) in [7, 11) is 0. The van der Waals surface area contributed by atoms with Gasteiger partial charge in [-0.05, 0) is 0 Å². The molecular weight excluding hydrogens is 342 g/mol. The fourth-order valence-corrected chi connectivity index (χ4v) is 0.970. The predicted octanol–water partition coefficient (Wildman–Crippen LogP) is -1.87. The molecule has 3 heteroatoms. The second kappa shape index (κ2) is 17.0. The van der Waals surface area contributed by atoms with Gasteiger partial charge >= 0.3 is 41.3 Å². The Hall–Kier alpha value is 0.0331. The first-order valence-corrected chi connectivity index (χ1v) is 6.78. The summed E-state index contributed by atoms with van der Waals surface area (Å²) in [4.78, 5) is 0. The van der Waals surface area contributed by atoms with Crippen molar-refractivity contribution in [3.8, 4) is 0 Å². The molecule has 0 aliphatic heterocycles. The molecule has 0 atom stereocenters. The van der Waals surface area contributed by atoms with Gasteiger partial charge in [0.05, 0.1) is 0 Å². The fraction of sp³-hybridized carbons (Fsp3) is 0.267. The van der Waals surface area contributed by atoms with Crippen LogP contribution in [-0.4, -0.2) is 3.21 Å². The van der Waals surface area contributed by atoms with Crippen molar-refractivity contribution in [3.05, 3.63) is 60.2 Å². The summed E-state index contributed by atoms with van der Waals surface area (Å²) in [5.74, 6) is 0. The third kappa shape index (κ3) is 18.4. The maximum Gasteiger partial charge on any atom is -0.172 e. The van der Waals surface area contributed by atoms with E-state index in [0.29, 0.717) is 0 Å². The molecule has 0 aliphatic rings. The molecule has 18 heavy (non-hydrogen) atoms. The summed E-state index contributed by atoms with van der Waals surface area (Å²) < 4.78 is 1.51. The van der Waals surface area contributed by atoms with Gasteiger partial charge in [0.2, 0.25) is 0 Å². The van der Waals surface area contributed by atoms with Crippen molar-refractivity contribution in [1.29, 1.82) is 0 Å². The maximum absolute atomic E-state index is 2.16. The van der Waals surface area contributed by atoms with Crippen LogP contribution < -0.4 is 24.8 Å². The predicted molar refractivity (Wildman–Crippen MR) is 69.8 cm³/mol. The van der Waals surface area contributed by atoms with E-state index in [9.17, 15) is 0 Å². The van der Waals surface area contributed by atoms with Crippen LogP contribution in [0.25, 0.3) is 0 Å². The van der Waals surface area contributed by atoms with Gasteiger partial charge in [-0.15, -0.1) is 0 Å². The number of hydrogen-bond acceptors (Lipinski definition) is 0. The largest absolute Gasteiger partial charge is 1.00 e. The van der Waals surface area contributed by atoms with Crippen LogP contribution in [0.5, 0.6) is 0 Å². The third-order valence-corrected chi connectivity index (χ3v) is 1.70. The molecule has 2 aromatic carbocycles. The Labute approximate surface area is 139 Å².